The van der Waals surface area contributed by atoms with Gasteiger partial charge < -0.3 is 20.8 Å². The van der Waals surface area contributed by atoms with Gasteiger partial charge in [-0.25, -0.2) is 4.79 Å². The first kappa shape index (κ1) is 16.0. The summed E-state index contributed by atoms with van der Waals surface area (Å²) in [6, 6.07) is 6.85. The maximum absolute atomic E-state index is 11.2. The highest BCUT2D eigenvalue weighted by Gasteiger charge is 2.32. The molecule has 0 aliphatic rings. The number of carboxylic acid groups (broad SMARTS) is 1. The van der Waals surface area contributed by atoms with Gasteiger partial charge in [-0.3, -0.25) is 0 Å². The first-order chi connectivity index (χ1) is 9.25. The van der Waals surface area contributed by atoms with Gasteiger partial charge in [0.2, 0.25) is 0 Å². The number of nitrogens with zero attached hydrogens (tertiary/aromatic N) is 1. The Hall–Kier alpha value is -2.08. The Balaban J connectivity index is 2.72. The molecule has 1 aromatic carbocycles. The predicted molar refractivity (Wildman–Crippen MR) is 74.6 cm³/mol. The van der Waals surface area contributed by atoms with Gasteiger partial charge in [0.05, 0.1) is 6.61 Å². The van der Waals surface area contributed by atoms with Gasteiger partial charge in [0.25, 0.3) is 0 Å². The van der Waals surface area contributed by atoms with Gasteiger partial charge >= 0.3 is 5.97 Å². The molecule has 0 aromatic heterocycles. The quantitative estimate of drug-likeness (QED) is 0.330. The van der Waals surface area contributed by atoms with E-state index >= 15 is 0 Å². The summed E-state index contributed by atoms with van der Waals surface area (Å²) in [6.45, 7) is 5.62. The Morgan fingerprint density at radius 1 is 1.35 bits per heavy atom. The number of nitrogens with two attached hydrogens (primary N) is 1. The standard InChI is InChI=1S/C14H20N2O4/c1-14(2,3)11(13(17)18)20-8-9-4-6-10(7-5-9)12(15)16-19/h4-7,11,19H,8H2,1-3H3,(H2,15,16)(H,17,18). The van der Waals surface area contributed by atoms with E-state index in [0.29, 0.717) is 5.56 Å². The molecule has 0 heterocycles. The van der Waals surface area contributed by atoms with Crippen LogP contribution in [0.5, 0.6) is 0 Å². The zero-order chi connectivity index (χ0) is 15.3. The summed E-state index contributed by atoms with van der Waals surface area (Å²) < 4.78 is 5.47. The molecular formula is C14H20N2O4. The molecule has 4 N–H and O–H groups in total. The molecule has 110 valence electrons. The number of amidine groups is 1. The molecule has 0 saturated heterocycles. The maximum Gasteiger partial charge on any atom is 0.333 e. The third kappa shape index (κ3) is 4.24. The molecule has 1 rings (SSSR count). The molecule has 1 atom stereocenters. The lowest BCUT2D eigenvalue weighted by Crippen LogP contribution is -2.36. The number of hydrogen-bond donors (Lipinski definition) is 3. The molecule has 6 heteroatoms. The van der Waals surface area contributed by atoms with E-state index in [1.54, 1.807) is 24.3 Å². The van der Waals surface area contributed by atoms with E-state index in [1.165, 1.54) is 0 Å². The molecule has 0 aliphatic heterocycles. The van der Waals surface area contributed by atoms with E-state index in [0.717, 1.165) is 5.56 Å². The molecule has 6 nitrogen and oxygen atoms in total. The van der Waals surface area contributed by atoms with Gasteiger partial charge in [-0.1, -0.05) is 50.2 Å². The van der Waals surface area contributed by atoms with Crippen LogP contribution in [0.1, 0.15) is 31.9 Å². The Kier molecular flexibility index (Phi) is 5.10. The Morgan fingerprint density at radius 2 is 1.90 bits per heavy atom. The van der Waals surface area contributed by atoms with Gasteiger partial charge in [0.15, 0.2) is 11.9 Å². The van der Waals surface area contributed by atoms with Crippen molar-refractivity contribution in [3.63, 3.8) is 0 Å². The second-order valence-electron chi connectivity index (χ2n) is 5.58. The number of rotatable bonds is 5. The second kappa shape index (κ2) is 6.38. The highest BCUT2D eigenvalue weighted by Crippen LogP contribution is 2.23. The largest absolute Gasteiger partial charge is 0.479 e. The summed E-state index contributed by atoms with van der Waals surface area (Å²) in [5.74, 6) is -0.957. The summed E-state index contributed by atoms with van der Waals surface area (Å²) in [4.78, 5) is 11.2. The van der Waals surface area contributed by atoms with Crippen molar-refractivity contribution in [2.75, 3.05) is 0 Å². The summed E-state index contributed by atoms with van der Waals surface area (Å²) in [7, 11) is 0. The zero-order valence-corrected chi connectivity index (χ0v) is 11.8. The van der Waals surface area contributed by atoms with Crippen LogP contribution in [0.2, 0.25) is 0 Å². The predicted octanol–water partition coefficient (Wildman–Crippen LogP) is 1.80. The van der Waals surface area contributed by atoms with E-state index in [2.05, 4.69) is 5.16 Å². The van der Waals surface area contributed by atoms with E-state index in [1.807, 2.05) is 20.8 Å². The lowest BCUT2D eigenvalue weighted by molar-refractivity contribution is -0.159. The smallest absolute Gasteiger partial charge is 0.333 e. The van der Waals surface area contributed by atoms with Crippen molar-refractivity contribution >= 4 is 11.8 Å². The normalized spacial score (nSPS) is 14.1. The number of hydrogen-bond acceptors (Lipinski definition) is 4. The highest BCUT2D eigenvalue weighted by molar-refractivity contribution is 5.96. The highest BCUT2D eigenvalue weighted by atomic mass is 16.5. The third-order valence-corrected chi connectivity index (χ3v) is 2.78. The van der Waals surface area contributed by atoms with Crippen LogP contribution in [-0.4, -0.2) is 28.2 Å². The lowest BCUT2D eigenvalue weighted by Gasteiger charge is -2.27. The molecule has 0 radical (unpaired) electrons. The molecule has 20 heavy (non-hydrogen) atoms. The topological polar surface area (TPSA) is 105 Å². The maximum atomic E-state index is 11.2. The van der Waals surface area contributed by atoms with Crippen LogP contribution in [0.3, 0.4) is 0 Å². The van der Waals surface area contributed by atoms with Crippen molar-refractivity contribution in [3.05, 3.63) is 35.4 Å². The van der Waals surface area contributed by atoms with Gasteiger partial charge in [-0.15, -0.1) is 0 Å². The van der Waals surface area contributed by atoms with E-state index in [-0.39, 0.29) is 12.4 Å². The minimum absolute atomic E-state index is 0.0237. The molecule has 0 amide bonds. The molecule has 1 aromatic rings. The first-order valence-corrected chi connectivity index (χ1v) is 6.17. The monoisotopic (exact) mass is 280 g/mol. The van der Waals surface area contributed by atoms with Gasteiger partial charge in [0.1, 0.15) is 0 Å². The molecule has 0 saturated carbocycles. The Morgan fingerprint density at radius 3 is 2.30 bits per heavy atom. The first-order valence-electron chi connectivity index (χ1n) is 6.17. The average Bonchev–Trinajstić information content (AvgIpc) is 2.36. The van der Waals surface area contributed by atoms with Crippen LogP contribution in [0.15, 0.2) is 29.4 Å². The summed E-state index contributed by atoms with van der Waals surface area (Å²) in [5, 5.41) is 20.6. The van der Waals surface area contributed by atoms with Gasteiger partial charge in [0, 0.05) is 5.56 Å². The lowest BCUT2D eigenvalue weighted by atomic mass is 9.89. The second-order valence-corrected chi connectivity index (χ2v) is 5.58. The number of carboxylic acids is 1. The summed E-state index contributed by atoms with van der Waals surface area (Å²) in [5.41, 5.74) is 6.37. The average molecular weight is 280 g/mol. The fourth-order valence-corrected chi connectivity index (χ4v) is 1.70. The molecule has 0 bridgehead atoms. The molecule has 0 spiro atoms. The number of oxime groups is 1. The number of benzene rings is 1. The molecule has 0 fully saturated rings. The third-order valence-electron chi connectivity index (χ3n) is 2.78. The molecule has 0 aliphatic carbocycles. The van der Waals surface area contributed by atoms with Crippen LogP contribution < -0.4 is 5.73 Å². The van der Waals surface area contributed by atoms with Crippen molar-refractivity contribution in [2.24, 2.45) is 16.3 Å². The fraction of sp³-hybridized carbons (Fsp3) is 0.429. The minimum Gasteiger partial charge on any atom is -0.479 e. The Bertz CT molecular complexity index is 489. The molecule has 1 unspecified atom stereocenters. The number of carbonyl (C=O) groups is 1. The van der Waals surface area contributed by atoms with E-state index in [9.17, 15) is 4.79 Å². The van der Waals surface area contributed by atoms with Crippen molar-refractivity contribution in [1.29, 1.82) is 0 Å². The molecular weight excluding hydrogens is 260 g/mol. The summed E-state index contributed by atoms with van der Waals surface area (Å²) in [6.07, 6.45) is -0.883. The van der Waals surface area contributed by atoms with Crippen molar-refractivity contribution in [3.8, 4) is 0 Å². The van der Waals surface area contributed by atoms with Crippen LogP contribution >= 0.6 is 0 Å². The van der Waals surface area contributed by atoms with Gasteiger partial charge in [-0.2, -0.15) is 0 Å². The van der Waals surface area contributed by atoms with Crippen LogP contribution in [0.4, 0.5) is 0 Å². The van der Waals surface area contributed by atoms with Crippen molar-refractivity contribution in [1.82, 2.24) is 0 Å². The fourth-order valence-electron chi connectivity index (χ4n) is 1.70. The van der Waals surface area contributed by atoms with E-state index in [4.69, 9.17) is 20.8 Å². The summed E-state index contributed by atoms with van der Waals surface area (Å²) >= 11 is 0. The Labute approximate surface area is 117 Å². The zero-order valence-electron chi connectivity index (χ0n) is 11.8. The van der Waals surface area contributed by atoms with Crippen LogP contribution in [0.25, 0.3) is 0 Å². The minimum atomic E-state index is -0.981. The number of aliphatic carboxylic acids is 1. The van der Waals surface area contributed by atoms with E-state index < -0.39 is 17.5 Å². The van der Waals surface area contributed by atoms with Crippen LogP contribution in [-0.2, 0) is 16.1 Å². The SMILES string of the molecule is CC(C)(C)C(OCc1ccc(/C(N)=N\O)cc1)C(=O)O. The van der Waals surface area contributed by atoms with Crippen LogP contribution in [0, 0.1) is 5.41 Å². The van der Waals surface area contributed by atoms with Gasteiger partial charge in [-0.05, 0) is 11.0 Å². The van der Waals surface area contributed by atoms with Crippen molar-refractivity contribution < 1.29 is 19.8 Å². The number of ether oxygens (including phenoxy) is 1. The van der Waals surface area contributed by atoms with Crippen molar-refractivity contribution in [2.45, 2.75) is 33.5 Å².